The maximum atomic E-state index is 11.3. The molecule has 6 heteroatoms. The summed E-state index contributed by atoms with van der Waals surface area (Å²) in [5, 5.41) is -0.580. The van der Waals surface area contributed by atoms with Gasteiger partial charge >= 0.3 is 0 Å². The average molecular weight is 272 g/mol. The van der Waals surface area contributed by atoms with E-state index < -0.39 is 17.1 Å². The average Bonchev–Trinajstić information content (AvgIpc) is 2.59. The summed E-state index contributed by atoms with van der Waals surface area (Å²) < 4.78 is 0. The molecule has 17 heavy (non-hydrogen) atoms. The van der Waals surface area contributed by atoms with Crippen LogP contribution in [0.15, 0.2) is 36.4 Å². The quantitative estimate of drug-likeness (QED) is 0.610. The Kier molecular flexibility index (Phi) is 4.04. The van der Waals surface area contributed by atoms with Crippen LogP contribution in [-0.4, -0.2) is 17.1 Å². The van der Waals surface area contributed by atoms with Gasteiger partial charge in [-0.1, -0.05) is 0 Å². The summed E-state index contributed by atoms with van der Waals surface area (Å²) in [4.78, 5) is 34.5. The van der Waals surface area contributed by atoms with Crippen molar-refractivity contribution in [3.63, 3.8) is 0 Å². The third-order valence-electron chi connectivity index (χ3n) is 2.16. The number of hydrogen-bond donors (Lipinski definition) is 0. The van der Waals surface area contributed by atoms with Gasteiger partial charge in [0, 0.05) is 17.7 Å². The lowest BCUT2D eigenvalue weighted by Crippen LogP contribution is -2.29. The Morgan fingerprint density at radius 3 is 1.88 bits per heavy atom. The third-order valence-corrected chi connectivity index (χ3v) is 2.38. The molecule has 4 nitrogen and oxygen atoms in total. The van der Waals surface area contributed by atoms with E-state index in [-0.39, 0.29) is 12.4 Å². The van der Waals surface area contributed by atoms with E-state index >= 15 is 0 Å². The molecule has 0 atom stereocenters. The van der Waals surface area contributed by atoms with Crippen molar-refractivity contribution >= 4 is 46.8 Å². The van der Waals surface area contributed by atoms with Gasteiger partial charge in [-0.05, 0) is 35.9 Å². The van der Waals surface area contributed by atoms with Crippen LogP contribution >= 0.6 is 24.0 Å². The minimum atomic E-state index is -0.580. The molecule has 0 aliphatic carbocycles. The van der Waals surface area contributed by atoms with Gasteiger partial charge in [-0.25, -0.2) is 4.90 Å². The Hall–Kier alpha value is -1.65. The molecule has 1 aromatic carbocycles. The topological polar surface area (TPSA) is 54.5 Å². The summed E-state index contributed by atoms with van der Waals surface area (Å²) in [6.07, 6.45) is 2.39. The molecule has 0 spiro atoms. The van der Waals surface area contributed by atoms with E-state index in [2.05, 4.69) is 0 Å². The Morgan fingerprint density at radius 1 is 1.00 bits per heavy atom. The fraction of sp³-hybridized carbons (Fsp3) is 0. The molecule has 2 amide bonds. The van der Waals surface area contributed by atoms with E-state index in [9.17, 15) is 14.4 Å². The van der Waals surface area contributed by atoms with Crippen LogP contribution in [0.3, 0.4) is 0 Å². The summed E-state index contributed by atoms with van der Waals surface area (Å²) in [7, 11) is 0. The van der Waals surface area contributed by atoms with Gasteiger partial charge in [0.15, 0.2) is 0 Å². The van der Waals surface area contributed by atoms with E-state index in [1.165, 1.54) is 36.4 Å². The normalized spacial score (nSPS) is 13.8. The van der Waals surface area contributed by atoms with Crippen LogP contribution in [0.1, 0.15) is 10.4 Å². The standard InChI is InChI=1S/C11H6ClNO3.ClH/c12-11(16)7-1-3-8(4-2-7)13-9(14)5-6-10(13)15;/h1-6H;1H. The van der Waals surface area contributed by atoms with E-state index in [0.717, 1.165) is 4.90 Å². The molecule has 0 saturated carbocycles. The number of hydrogen-bond acceptors (Lipinski definition) is 3. The molecule has 0 unspecified atom stereocenters. The fourth-order valence-corrected chi connectivity index (χ4v) is 1.52. The van der Waals surface area contributed by atoms with Crippen LogP contribution < -0.4 is 4.90 Å². The van der Waals surface area contributed by atoms with Gasteiger partial charge < -0.3 is 0 Å². The highest BCUT2D eigenvalue weighted by Gasteiger charge is 2.24. The largest absolute Gasteiger partial charge is 0.276 e. The van der Waals surface area contributed by atoms with Crippen molar-refractivity contribution in [2.45, 2.75) is 0 Å². The highest BCUT2D eigenvalue weighted by atomic mass is 35.5. The third kappa shape index (κ3) is 2.54. The molecule has 0 aromatic heterocycles. The summed E-state index contributed by atoms with van der Waals surface area (Å²) >= 11 is 5.27. The van der Waals surface area contributed by atoms with Crippen molar-refractivity contribution in [1.82, 2.24) is 0 Å². The minimum Gasteiger partial charge on any atom is -0.276 e. The predicted molar refractivity (Wildman–Crippen MR) is 65.5 cm³/mol. The molecule has 88 valence electrons. The SMILES string of the molecule is Cl.O=C(Cl)c1ccc(N2C(=O)C=CC2=O)cc1. The zero-order chi connectivity index (χ0) is 11.7. The number of carbonyl (C=O) groups is 3. The van der Waals surface area contributed by atoms with Gasteiger partial charge in [-0.3, -0.25) is 14.4 Å². The van der Waals surface area contributed by atoms with Crippen molar-refractivity contribution in [1.29, 1.82) is 0 Å². The van der Waals surface area contributed by atoms with E-state index in [0.29, 0.717) is 11.3 Å². The summed E-state index contributed by atoms with van der Waals surface area (Å²) in [6.45, 7) is 0. The van der Waals surface area contributed by atoms with E-state index in [4.69, 9.17) is 11.6 Å². The number of nitrogens with zero attached hydrogens (tertiary/aromatic N) is 1. The lowest BCUT2D eigenvalue weighted by molar-refractivity contribution is -0.119. The summed E-state index contributed by atoms with van der Waals surface area (Å²) in [5.41, 5.74) is 0.735. The number of halogens is 2. The van der Waals surface area contributed by atoms with Gasteiger partial charge in [0.1, 0.15) is 0 Å². The first kappa shape index (κ1) is 13.4. The molecule has 0 bridgehead atoms. The lowest BCUT2D eigenvalue weighted by atomic mass is 10.2. The lowest BCUT2D eigenvalue weighted by Gasteiger charge is -2.13. The number of anilines is 1. The number of amides is 2. The van der Waals surface area contributed by atoms with Gasteiger partial charge in [-0.2, -0.15) is 0 Å². The maximum absolute atomic E-state index is 11.3. The second kappa shape index (κ2) is 5.12. The molecular weight excluding hydrogens is 265 g/mol. The van der Waals surface area contributed by atoms with Gasteiger partial charge in [-0.15, -0.1) is 12.4 Å². The van der Waals surface area contributed by atoms with Crippen molar-refractivity contribution in [2.75, 3.05) is 4.90 Å². The Bertz CT molecular complexity index is 490. The van der Waals surface area contributed by atoms with Crippen LogP contribution in [-0.2, 0) is 9.59 Å². The fourth-order valence-electron chi connectivity index (χ4n) is 1.40. The zero-order valence-corrected chi connectivity index (χ0v) is 9.99. The summed E-state index contributed by atoms with van der Waals surface area (Å²) in [6, 6.07) is 5.92. The number of benzene rings is 1. The van der Waals surface area contributed by atoms with Gasteiger partial charge in [0.25, 0.3) is 17.1 Å². The van der Waals surface area contributed by atoms with Crippen LogP contribution in [0.2, 0.25) is 0 Å². The Labute approximate surface area is 108 Å². The monoisotopic (exact) mass is 271 g/mol. The van der Waals surface area contributed by atoms with Crippen LogP contribution in [0.5, 0.6) is 0 Å². The maximum Gasteiger partial charge on any atom is 0.258 e. The zero-order valence-electron chi connectivity index (χ0n) is 8.42. The van der Waals surface area contributed by atoms with Crippen LogP contribution in [0.25, 0.3) is 0 Å². The van der Waals surface area contributed by atoms with E-state index in [1.807, 2.05) is 0 Å². The molecule has 0 fully saturated rings. The number of imide groups is 1. The second-order valence-corrected chi connectivity index (χ2v) is 3.51. The van der Waals surface area contributed by atoms with Gasteiger partial charge in [0.2, 0.25) is 0 Å². The van der Waals surface area contributed by atoms with Crippen LogP contribution in [0.4, 0.5) is 5.69 Å². The second-order valence-electron chi connectivity index (χ2n) is 3.17. The number of carbonyl (C=O) groups excluding carboxylic acids is 3. The van der Waals surface area contributed by atoms with Crippen molar-refractivity contribution in [3.8, 4) is 0 Å². The Morgan fingerprint density at radius 2 is 1.47 bits per heavy atom. The molecule has 0 radical (unpaired) electrons. The molecule has 1 heterocycles. The molecule has 1 aliphatic rings. The highest BCUT2D eigenvalue weighted by Crippen LogP contribution is 2.19. The first-order valence-corrected chi connectivity index (χ1v) is 4.83. The van der Waals surface area contributed by atoms with Crippen molar-refractivity contribution in [2.24, 2.45) is 0 Å². The summed E-state index contributed by atoms with van der Waals surface area (Å²) in [5.74, 6) is -0.787. The minimum absolute atomic E-state index is 0. The molecular formula is C11H7Cl2NO3. The van der Waals surface area contributed by atoms with Crippen LogP contribution in [0, 0.1) is 0 Å². The van der Waals surface area contributed by atoms with Crippen molar-refractivity contribution in [3.05, 3.63) is 42.0 Å². The molecule has 1 aliphatic heterocycles. The first-order valence-electron chi connectivity index (χ1n) is 4.45. The Balaban J connectivity index is 0.00000144. The molecule has 0 saturated heterocycles. The van der Waals surface area contributed by atoms with Gasteiger partial charge in [0.05, 0.1) is 5.69 Å². The number of rotatable bonds is 2. The van der Waals surface area contributed by atoms with E-state index in [1.54, 1.807) is 0 Å². The van der Waals surface area contributed by atoms with Crippen molar-refractivity contribution < 1.29 is 14.4 Å². The predicted octanol–water partition coefficient (Wildman–Crippen LogP) is 1.92. The first-order chi connectivity index (χ1) is 7.59. The highest BCUT2D eigenvalue weighted by molar-refractivity contribution is 6.67. The molecule has 1 aromatic rings. The molecule has 2 rings (SSSR count). The smallest absolute Gasteiger partial charge is 0.258 e. The molecule has 0 N–H and O–H groups in total.